The third kappa shape index (κ3) is 22.7. The van der Waals surface area contributed by atoms with Gasteiger partial charge in [0.2, 0.25) is 29.5 Å². The third-order valence-corrected chi connectivity index (χ3v) is 17.1. The van der Waals surface area contributed by atoms with E-state index in [9.17, 15) is 28.8 Å². The number of carbonyl (C=O) groups excluding carboxylic acids is 6. The van der Waals surface area contributed by atoms with Crippen LogP contribution in [0.15, 0.2) is 59.7 Å². The first-order valence-corrected chi connectivity index (χ1v) is 33.3. The molecule has 1 fully saturated rings. The van der Waals surface area contributed by atoms with Gasteiger partial charge in [-0.15, -0.1) is 0 Å². The lowest BCUT2D eigenvalue weighted by Gasteiger charge is -2.51. The normalized spacial score (nSPS) is 17.0. The van der Waals surface area contributed by atoms with Gasteiger partial charge in [-0.3, -0.25) is 24.0 Å². The molecule has 1 unspecified atom stereocenters. The minimum Gasteiger partial charge on any atom is -0.444 e. The summed E-state index contributed by atoms with van der Waals surface area (Å²) in [6.07, 6.45) is 18.8. The van der Waals surface area contributed by atoms with Gasteiger partial charge in [0.05, 0.1) is 51.7 Å². The Labute approximate surface area is 529 Å². The quantitative estimate of drug-likeness (QED) is 0.0154. The van der Waals surface area contributed by atoms with Crippen molar-refractivity contribution in [3.63, 3.8) is 0 Å². The number of hydrogen-bond acceptors (Lipinski definition) is 12. The highest BCUT2D eigenvalue weighted by molar-refractivity contribution is 5.94. The minimum atomic E-state index is -0.943. The van der Waals surface area contributed by atoms with Crippen LogP contribution in [-0.2, 0) is 48.3 Å². The number of rotatable bonds is 42. The molecule has 1 aliphatic heterocycles. The van der Waals surface area contributed by atoms with E-state index < -0.39 is 17.1 Å². The highest BCUT2D eigenvalue weighted by Gasteiger charge is 2.52. The summed E-state index contributed by atoms with van der Waals surface area (Å²) >= 11 is 0. The molecule has 20 heteroatoms. The fourth-order valence-corrected chi connectivity index (χ4v) is 12.4. The fourth-order valence-electron chi connectivity index (χ4n) is 12.4. The van der Waals surface area contributed by atoms with Gasteiger partial charge in [-0.25, -0.2) is 4.79 Å². The average molecular weight is 1230 g/mol. The van der Waals surface area contributed by atoms with Crippen LogP contribution < -0.4 is 26.6 Å². The molecular formula is C69H104N10O10. The number of nitrogens with zero attached hydrogens (tertiary/aromatic N) is 5. The minimum absolute atomic E-state index is 0.0429. The highest BCUT2D eigenvalue weighted by atomic mass is 16.6. The summed E-state index contributed by atoms with van der Waals surface area (Å²) < 4.78 is 22.7. The lowest BCUT2D eigenvalue weighted by molar-refractivity contribution is -0.132. The molecule has 1 saturated heterocycles. The van der Waals surface area contributed by atoms with Crippen LogP contribution >= 0.6 is 0 Å². The molecule has 5 N–H and O–H groups in total. The second-order valence-electron chi connectivity index (χ2n) is 25.3. The summed E-state index contributed by atoms with van der Waals surface area (Å²) in [5.41, 5.74) is 15.4. The number of anilines is 3. The number of hydrogen-bond donors (Lipinski definition) is 5. The van der Waals surface area contributed by atoms with Crippen molar-refractivity contribution in [1.82, 2.24) is 20.4 Å². The number of amides is 6. The number of alkyl carbamates (subject to hydrolysis) is 1. The zero-order valence-electron chi connectivity index (χ0n) is 54.6. The first-order valence-electron chi connectivity index (χ1n) is 33.3. The van der Waals surface area contributed by atoms with Crippen molar-refractivity contribution in [2.75, 3.05) is 95.9 Å². The van der Waals surface area contributed by atoms with Gasteiger partial charge in [0.25, 0.3) is 0 Å². The molecule has 3 aromatic carbocycles. The molecular weight excluding hydrogens is 1130 g/mol. The van der Waals surface area contributed by atoms with E-state index in [2.05, 4.69) is 86.9 Å². The Bertz CT molecular complexity index is 2730. The van der Waals surface area contributed by atoms with Crippen LogP contribution in [0.1, 0.15) is 222 Å². The SMILES string of the molecule is CCCCCCCCC(=O)Nc1ccc2c(c1)C1(CCC(=O)N(C)CCOCCOCCOCCN(C)C(=O)C3C[C@H](N=[N+]=[N-])CN3)c3cc(NC(=O)CCCCCCCC)ccc3C2c2ccc(NC(=O)CCCCCCCNC(=O)OC(C)(C)C)cc21. The summed E-state index contributed by atoms with van der Waals surface area (Å²) in [5.74, 6) is -0.513. The standard InChI is InChI=1S/C69H104N10O10/c1-8-10-12-14-17-21-25-61(80)73-50-28-31-54-57(45-50)69(35-34-64(83)78(6)37-39-86-41-43-88-44-42-87-40-38-79(7)66(84)60-48-53(49-72-60)76-77-70)58-46-51(74-62(81)26-22-18-15-13-11-9-2)29-32-55(58)65(54)56-33-30-52(47-59(56)69)75-63(82)27-23-19-16-20-24-36-71-67(85)89-68(3,4)5/h28-33,45-47,53,60,65,72H,8-27,34-44,48-49H2,1-7H3,(H,71,85)(H,73,80)(H,74,81)(H,75,82)/t53-,60?,65?,69?/m0/s1. The Balaban J connectivity index is 1.15. The van der Waals surface area contributed by atoms with Crippen LogP contribution in [0.3, 0.4) is 0 Å². The Kier molecular flexibility index (Phi) is 30.2. The van der Waals surface area contributed by atoms with Gasteiger partial charge < -0.3 is 55.3 Å². The number of ether oxygens (including phenoxy) is 4. The largest absolute Gasteiger partial charge is 0.444 e. The van der Waals surface area contributed by atoms with Gasteiger partial charge in [-0.1, -0.05) is 121 Å². The highest BCUT2D eigenvalue weighted by Crippen LogP contribution is 2.62. The molecule has 89 heavy (non-hydrogen) atoms. The second kappa shape index (κ2) is 37.6. The maximum Gasteiger partial charge on any atom is 0.407 e. The molecule has 20 nitrogen and oxygen atoms in total. The van der Waals surface area contributed by atoms with Crippen molar-refractivity contribution < 1.29 is 47.7 Å². The molecule has 6 amide bonds. The van der Waals surface area contributed by atoms with Gasteiger partial charge in [0.1, 0.15) is 5.60 Å². The van der Waals surface area contributed by atoms with Gasteiger partial charge in [-0.05, 0) is 135 Å². The van der Waals surface area contributed by atoms with Crippen molar-refractivity contribution in [3.05, 3.63) is 98.4 Å². The molecule has 490 valence electrons. The molecule has 4 aliphatic rings. The Morgan fingerprint density at radius 3 is 1.47 bits per heavy atom. The van der Waals surface area contributed by atoms with E-state index in [-0.39, 0.29) is 54.0 Å². The number of nitrogens with one attached hydrogen (secondary N) is 5. The molecule has 7 rings (SSSR count). The molecule has 0 radical (unpaired) electrons. The van der Waals surface area contributed by atoms with E-state index in [1.54, 1.807) is 23.9 Å². The monoisotopic (exact) mass is 1230 g/mol. The first kappa shape index (κ1) is 71.5. The molecule has 1 heterocycles. The maximum atomic E-state index is 14.5. The fraction of sp³-hybridized carbons (Fsp3) is 0.652. The van der Waals surface area contributed by atoms with Gasteiger partial charge in [0, 0.05) is 99.3 Å². The average Bonchev–Trinajstić information content (AvgIpc) is 0.898. The molecule has 3 aliphatic carbocycles. The third-order valence-electron chi connectivity index (χ3n) is 17.1. The van der Waals surface area contributed by atoms with Crippen LogP contribution in [-0.4, -0.2) is 143 Å². The van der Waals surface area contributed by atoms with Gasteiger partial charge in [-0.2, -0.15) is 0 Å². The summed E-state index contributed by atoms with van der Waals surface area (Å²) in [6, 6.07) is 18.0. The van der Waals surface area contributed by atoms with E-state index in [1.807, 2.05) is 39.0 Å². The van der Waals surface area contributed by atoms with Crippen LogP contribution in [0, 0.1) is 0 Å². The van der Waals surface area contributed by atoms with Crippen molar-refractivity contribution in [3.8, 4) is 0 Å². The van der Waals surface area contributed by atoms with Crippen molar-refractivity contribution in [1.29, 1.82) is 0 Å². The Hall–Kier alpha value is -6.57. The Morgan fingerprint density at radius 2 is 1.02 bits per heavy atom. The lowest BCUT2D eigenvalue weighted by atomic mass is 9.51. The summed E-state index contributed by atoms with van der Waals surface area (Å²) in [5, 5.41) is 19.3. The van der Waals surface area contributed by atoms with Crippen molar-refractivity contribution >= 4 is 52.7 Å². The van der Waals surface area contributed by atoms with Crippen molar-refractivity contribution in [2.45, 2.75) is 211 Å². The molecule has 0 aromatic heterocycles. The van der Waals surface area contributed by atoms with Gasteiger partial charge in [0.15, 0.2) is 0 Å². The maximum absolute atomic E-state index is 14.5. The number of likely N-dealkylation sites (N-methyl/N-ethyl adjacent to an activating group) is 2. The lowest BCUT2D eigenvalue weighted by Crippen LogP contribution is -2.43. The van der Waals surface area contributed by atoms with E-state index >= 15 is 0 Å². The van der Waals surface area contributed by atoms with Crippen LogP contribution in [0.4, 0.5) is 21.9 Å². The second-order valence-corrected chi connectivity index (χ2v) is 25.3. The topological polar surface area (TPSA) is 255 Å². The molecule has 0 saturated carbocycles. The first-order chi connectivity index (χ1) is 43.0. The number of benzene rings is 3. The summed E-state index contributed by atoms with van der Waals surface area (Å²) in [6.45, 7) is 13.7. The van der Waals surface area contributed by atoms with Gasteiger partial charge >= 0.3 is 6.09 Å². The van der Waals surface area contributed by atoms with E-state index in [1.165, 1.54) is 25.7 Å². The van der Waals surface area contributed by atoms with Crippen LogP contribution in [0.2, 0.25) is 0 Å². The molecule has 2 atom stereocenters. The van der Waals surface area contributed by atoms with Crippen LogP contribution in [0.25, 0.3) is 10.4 Å². The predicted molar refractivity (Wildman–Crippen MR) is 350 cm³/mol. The van der Waals surface area contributed by atoms with E-state index in [4.69, 9.17) is 24.5 Å². The number of azide groups is 1. The summed E-state index contributed by atoms with van der Waals surface area (Å²) in [7, 11) is 3.51. The predicted octanol–water partition coefficient (Wildman–Crippen LogP) is 12.8. The number of unbranched alkanes of at least 4 members (excludes halogenated alkanes) is 14. The van der Waals surface area contributed by atoms with E-state index in [0.717, 1.165) is 110 Å². The smallest absolute Gasteiger partial charge is 0.407 e. The van der Waals surface area contributed by atoms with Crippen LogP contribution in [0.5, 0.6) is 0 Å². The van der Waals surface area contributed by atoms with Crippen molar-refractivity contribution in [2.24, 2.45) is 5.11 Å². The zero-order chi connectivity index (χ0) is 64.0. The number of carbonyl (C=O) groups is 6. The molecule has 2 bridgehead atoms. The molecule has 3 aromatic rings. The Morgan fingerprint density at radius 1 is 0.596 bits per heavy atom. The zero-order valence-corrected chi connectivity index (χ0v) is 54.6. The van der Waals surface area contributed by atoms with E-state index in [0.29, 0.717) is 121 Å². The summed E-state index contributed by atoms with van der Waals surface area (Å²) in [4.78, 5) is 86.6. The molecule has 0 spiro atoms.